The molecule has 0 aliphatic carbocycles. The SMILES string of the molecule is N/C(=N/O)c1ccc(Cl)c(NC(=O)c2ccc(Br)cc2)c1. The van der Waals surface area contributed by atoms with Crippen molar-refractivity contribution in [1.82, 2.24) is 0 Å². The van der Waals surface area contributed by atoms with Gasteiger partial charge in [0.05, 0.1) is 10.7 Å². The molecule has 2 aromatic carbocycles. The maximum absolute atomic E-state index is 12.1. The van der Waals surface area contributed by atoms with E-state index in [2.05, 4.69) is 26.4 Å². The quantitative estimate of drug-likeness (QED) is 0.335. The standard InChI is InChI=1S/C14H11BrClN3O2/c15-10-4-1-8(2-5-10)14(20)18-12-7-9(13(17)19-21)3-6-11(12)16/h1-7,21H,(H2,17,19)(H,18,20). The zero-order valence-corrected chi connectivity index (χ0v) is 13.0. The van der Waals surface area contributed by atoms with Crippen LogP contribution in [-0.4, -0.2) is 17.0 Å². The number of halogens is 2. The molecule has 2 aromatic rings. The summed E-state index contributed by atoms with van der Waals surface area (Å²) in [5, 5.41) is 14.6. The molecule has 0 radical (unpaired) electrons. The number of hydrogen-bond donors (Lipinski definition) is 3. The lowest BCUT2D eigenvalue weighted by atomic mass is 10.1. The smallest absolute Gasteiger partial charge is 0.255 e. The number of amidine groups is 1. The molecule has 0 saturated heterocycles. The number of nitrogens with two attached hydrogens (primary N) is 1. The van der Waals surface area contributed by atoms with Gasteiger partial charge in [0.25, 0.3) is 5.91 Å². The predicted molar refractivity (Wildman–Crippen MR) is 86.1 cm³/mol. The summed E-state index contributed by atoms with van der Waals surface area (Å²) >= 11 is 9.34. The summed E-state index contributed by atoms with van der Waals surface area (Å²) in [6.45, 7) is 0. The number of amides is 1. The van der Waals surface area contributed by atoms with Crippen molar-refractivity contribution in [2.24, 2.45) is 10.9 Å². The van der Waals surface area contributed by atoms with Gasteiger partial charge in [0.2, 0.25) is 0 Å². The van der Waals surface area contributed by atoms with Crippen molar-refractivity contribution in [3.8, 4) is 0 Å². The van der Waals surface area contributed by atoms with Crippen LogP contribution in [0, 0.1) is 0 Å². The van der Waals surface area contributed by atoms with Gasteiger partial charge in [-0.05, 0) is 42.5 Å². The Kier molecular flexibility index (Phi) is 4.82. The fourth-order valence-electron chi connectivity index (χ4n) is 1.63. The molecule has 108 valence electrons. The van der Waals surface area contributed by atoms with Crippen LogP contribution in [0.4, 0.5) is 5.69 Å². The summed E-state index contributed by atoms with van der Waals surface area (Å²) in [6, 6.07) is 11.6. The molecule has 1 amide bonds. The fourth-order valence-corrected chi connectivity index (χ4v) is 2.06. The Balaban J connectivity index is 2.26. The molecular formula is C14H11BrClN3O2. The van der Waals surface area contributed by atoms with E-state index in [0.717, 1.165) is 4.47 Å². The first-order valence-electron chi connectivity index (χ1n) is 5.85. The Labute approximate surface area is 134 Å². The zero-order valence-electron chi connectivity index (χ0n) is 10.7. The fraction of sp³-hybridized carbons (Fsp3) is 0. The van der Waals surface area contributed by atoms with Crippen molar-refractivity contribution in [1.29, 1.82) is 0 Å². The summed E-state index contributed by atoms with van der Waals surface area (Å²) in [7, 11) is 0. The van der Waals surface area contributed by atoms with E-state index in [1.165, 1.54) is 6.07 Å². The summed E-state index contributed by atoms with van der Waals surface area (Å²) in [6.07, 6.45) is 0. The van der Waals surface area contributed by atoms with E-state index in [1.54, 1.807) is 36.4 Å². The molecule has 4 N–H and O–H groups in total. The number of nitrogens with zero attached hydrogens (tertiary/aromatic N) is 1. The van der Waals surface area contributed by atoms with Crippen LogP contribution in [0.15, 0.2) is 52.1 Å². The third-order valence-corrected chi connectivity index (χ3v) is 3.58. The molecule has 0 spiro atoms. The Morgan fingerprint density at radius 3 is 2.43 bits per heavy atom. The van der Waals surface area contributed by atoms with Gasteiger partial charge in [0.15, 0.2) is 5.84 Å². The summed E-state index contributed by atoms with van der Waals surface area (Å²) in [4.78, 5) is 12.1. The van der Waals surface area contributed by atoms with E-state index in [1.807, 2.05) is 0 Å². The van der Waals surface area contributed by atoms with E-state index in [0.29, 0.717) is 21.8 Å². The molecule has 21 heavy (non-hydrogen) atoms. The van der Waals surface area contributed by atoms with E-state index in [-0.39, 0.29) is 11.7 Å². The highest BCUT2D eigenvalue weighted by Gasteiger charge is 2.10. The average molecular weight is 369 g/mol. The Hall–Kier alpha value is -2.05. The van der Waals surface area contributed by atoms with Gasteiger partial charge in [-0.15, -0.1) is 0 Å². The molecule has 0 heterocycles. The second kappa shape index (κ2) is 6.60. The molecular weight excluding hydrogens is 358 g/mol. The van der Waals surface area contributed by atoms with Gasteiger partial charge in [-0.2, -0.15) is 0 Å². The molecule has 0 atom stereocenters. The van der Waals surface area contributed by atoms with Crippen molar-refractivity contribution in [2.45, 2.75) is 0 Å². The number of nitrogens with one attached hydrogen (secondary N) is 1. The molecule has 2 rings (SSSR count). The lowest BCUT2D eigenvalue weighted by molar-refractivity contribution is 0.102. The molecule has 0 aliphatic rings. The molecule has 0 fully saturated rings. The van der Waals surface area contributed by atoms with Crippen molar-refractivity contribution in [3.63, 3.8) is 0 Å². The third kappa shape index (κ3) is 3.74. The summed E-state index contributed by atoms with van der Waals surface area (Å²) in [5.41, 5.74) is 6.84. The van der Waals surface area contributed by atoms with Gasteiger partial charge in [0, 0.05) is 15.6 Å². The van der Waals surface area contributed by atoms with Crippen LogP contribution in [0.5, 0.6) is 0 Å². The van der Waals surface area contributed by atoms with E-state index < -0.39 is 0 Å². The van der Waals surface area contributed by atoms with Crippen LogP contribution in [0.25, 0.3) is 0 Å². The Morgan fingerprint density at radius 2 is 1.81 bits per heavy atom. The minimum Gasteiger partial charge on any atom is -0.409 e. The average Bonchev–Trinajstić information content (AvgIpc) is 2.49. The number of rotatable bonds is 3. The maximum Gasteiger partial charge on any atom is 0.255 e. The second-order valence-corrected chi connectivity index (χ2v) is 5.46. The normalized spacial score (nSPS) is 11.2. The molecule has 0 saturated carbocycles. The minimum atomic E-state index is -0.305. The molecule has 0 unspecified atom stereocenters. The molecule has 0 aromatic heterocycles. The number of anilines is 1. The first kappa shape index (κ1) is 15.3. The van der Waals surface area contributed by atoms with E-state index in [9.17, 15) is 4.79 Å². The van der Waals surface area contributed by atoms with Gasteiger partial charge in [-0.25, -0.2) is 0 Å². The maximum atomic E-state index is 12.1. The summed E-state index contributed by atoms with van der Waals surface area (Å²) < 4.78 is 0.881. The largest absolute Gasteiger partial charge is 0.409 e. The Morgan fingerprint density at radius 1 is 1.19 bits per heavy atom. The number of carbonyl (C=O) groups excluding carboxylic acids is 1. The lowest BCUT2D eigenvalue weighted by Gasteiger charge is -2.09. The zero-order chi connectivity index (χ0) is 15.4. The van der Waals surface area contributed by atoms with Crippen LogP contribution in [0.1, 0.15) is 15.9 Å². The van der Waals surface area contributed by atoms with Crippen molar-refractivity contribution in [2.75, 3.05) is 5.32 Å². The number of oxime groups is 1. The number of hydrogen-bond acceptors (Lipinski definition) is 3. The monoisotopic (exact) mass is 367 g/mol. The first-order valence-corrected chi connectivity index (χ1v) is 7.02. The molecule has 5 nitrogen and oxygen atoms in total. The van der Waals surface area contributed by atoms with Crippen LogP contribution in [0.2, 0.25) is 5.02 Å². The predicted octanol–water partition coefficient (Wildman–Crippen LogP) is 3.45. The van der Waals surface area contributed by atoms with Gasteiger partial charge in [-0.3, -0.25) is 4.79 Å². The van der Waals surface area contributed by atoms with E-state index >= 15 is 0 Å². The lowest BCUT2D eigenvalue weighted by Crippen LogP contribution is -2.15. The second-order valence-electron chi connectivity index (χ2n) is 4.14. The number of carbonyl (C=O) groups is 1. The van der Waals surface area contributed by atoms with Gasteiger partial charge >= 0.3 is 0 Å². The van der Waals surface area contributed by atoms with Crippen LogP contribution < -0.4 is 11.1 Å². The van der Waals surface area contributed by atoms with Crippen LogP contribution in [-0.2, 0) is 0 Å². The van der Waals surface area contributed by atoms with Crippen LogP contribution in [0.3, 0.4) is 0 Å². The highest BCUT2D eigenvalue weighted by molar-refractivity contribution is 9.10. The highest BCUT2D eigenvalue weighted by atomic mass is 79.9. The molecule has 0 aliphatic heterocycles. The first-order chi connectivity index (χ1) is 10.0. The van der Waals surface area contributed by atoms with Crippen molar-refractivity contribution >= 4 is 45.0 Å². The minimum absolute atomic E-state index is 0.0641. The molecule has 7 heteroatoms. The van der Waals surface area contributed by atoms with Gasteiger partial charge in [0.1, 0.15) is 0 Å². The van der Waals surface area contributed by atoms with Gasteiger partial charge < -0.3 is 16.3 Å². The number of benzene rings is 2. The molecule has 0 bridgehead atoms. The van der Waals surface area contributed by atoms with Crippen molar-refractivity contribution in [3.05, 3.63) is 63.1 Å². The third-order valence-electron chi connectivity index (χ3n) is 2.72. The van der Waals surface area contributed by atoms with Crippen LogP contribution >= 0.6 is 27.5 Å². The highest BCUT2D eigenvalue weighted by Crippen LogP contribution is 2.24. The topological polar surface area (TPSA) is 87.7 Å². The van der Waals surface area contributed by atoms with Gasteiger partial charge in [-0.1, -0.05) is 32.7 Å². The van der Waals surface area contributed by atoms with Crippen molar-refractivity contribution < 1.29 is 10.0 Å². The van der Waals surface area contributed by atoms with E-state index in [4.69, 9.17) is 22.5 Å². The summed E-state index contributed by atoms with van der Waals surface area (Å²) in [5.74, 6) is -0.369. The Bertz CT molecular complexity index is 702.